The Labute approximate surface area is 120 Å². The smallest absolute Gasteiger partial charge is 0.272 e. The maximum Gasteiger partial charge on any atom is 0.272 e. The Morgan fingerprint density at radius 2 is 2.10 bits per heavy atom. The van der Waals surface area contributed by atoms with Crippen LogP contribution in [0.15, 0.2) is 18.2 Å². The first kappa shape index (κ1) is 16.6. The Balaban J connectivity index is 2.81. The van der Waals surface area contributed by atoms with Crippen molar-refractivity contribution in [1.29, 1.82) is 0 Å². The zero-order valence-corrected chi connectivity index (χ0v) is 12.6. The zero-order valence-electron chi connectivity index (χ0n) is 12.6. The summed E-state index contributed by atoms with van der Waals surface area (Å²) in [5.41, 5.74) is 1.81. The summed E-state index contributed by atoms with van der Waals surface area (Å²) in [5, 5.41) is 23.4. The van der Waals surface area contributed by atoms with Crippen molar-refractivity contribution < 1.29 is 10.0 Å². The number of aliphatic hydroxyl groups excluding tert-OH is 1. The fraction of sp³-hybridized carbons (Fsp3) is 0.600. The molecule has 0 bridgehead atoms. The van der Waals surface area contributed by atoms with Gasteiger partial charge in [0.1, 0.15) is 0 Å². The summed E-state index contributed by atoms with van der Waals surface area (Å²) >= 11 is 0. The lowest BCUT2D eigenvalue weighted by Crippen LogP contribution is -2.32. The van der Waals surface area contributed by atoms with Crippen LogP contribution in [0.1, 0.15) is 44.4 Å². The van der Waals surface area contributed by atoms with Gasteiger partial charge in [-0.05, 0) is 31.2 Å². The molecule has 2 N–H and O–H groups in total. The third-order valence-electron chi connectivity index (χ3n) is 3.69. The molecule has 1 atom stereocenters. The van der Waals surface area contributed by atoms with E-state index in [0.29, 0.717) is 5.56 Å². The van der Waals surface area contributed by atoms with Crippen LogP contribution >= 0.6 is 0 Å². The number of nitro benzene ring substituents is 1. The first-order valence-corrected chi connectivity index (χ1v) is 6.86. The van der Waals surface area contributed by atoms with E-state index >= 15 is 0 Å². The van der Waals surface area contributed by atoms with E-state index in [4.69, 9.17) is 5.11 Å². The fourth-order valence-corrected chi connectivity index (χ4v) is 2.24. The van der Waals surface area contributed by atoms with Gasteiger partial charge in [-0.3, -0.25) is 10.1 Å². The average molecular weight is 280 g/mol. The second-order valence-corrected chi connectivity index (χ2v) is 5.99. The molecule has 1 unspecified atom stereocenters. The standard InChI is InChI=1S/C15H24N2O3/c1-11-13(6-5-7-14(11)17(19)20)12(2)16-10-15(3,4)8-9-18/h5-7,12,16,18H,8-10H2,1-4H3. The molecule has 1 rings (SSSR count). The van der Waals surface area contributed by atoms with Crippen LogP contribution < -0.4 is 5.32 Å². The highest BCUT2D eigenvalue weighted by atomic mass is 16.6. The van der Waals surface area contributed by atoms with Crippen LogP contribution in [0.25, 0.3) is 0 Å². The number of hydrogen-bond donors (Lipinski definition) is 2. The first-order chi connectivity index (χ1) is 9.28. The second-order valence-electron chi connectivity index (χ2n) is 5.99. The monoisotopic (exact) mass is 280 g/mol. The van der Waals surface area contributed by atoms with Gasteiger partial charge in [0.15, 0.2) is 0 Å². The molecule has 0 aliphatic rings. The Kier molecular flexibility index (Phi) is 5.65. The second kappa shape index (κ2) is 6.81. The largest absolute Gasteiger partial charge is 0.396 e. The quantitative estimate of drug-likeness (QED) is 0.594. The molecule has 112 valence electrons. The molecule has 0 aromatic heterocycles. The van der Waals surface area contributed by atoms with Crippen LogP contribution in [0, 0.1) is 22.5 Å². The summed E-state index contributed by atoms with van der Waals surface area (Å²) < 4.78 is 0. The Morgan fingerprint density at radius 1 is 1.45 bits per heavy atom. The molecule has 20 heavy (non-hydrogen) atoms. The minimum atomic E-state index is -0.346. The van der Waals surface area contributed by atoms with Crippen molar-refractivity contribution in [3.63, 3.8) is 0 Å². The predicted octanol–water partition coefficient (Wildman–Crippen LogP) is 2.96. The number of aliphatic hydroxyl groups is 1. The molecular formula is C15H24N2O3. The van der Waals surface area contributed by atoms with Gasteiger partial charge in [-0.2, -0.15) is 0 Å². The van der Waals surface area contributed by atoms with Gasteiger partial charge < -0.3 is 10.4 Å². The van der Waals surface area contributed by atoms with Crippen LogP contribution in [0.5, 0.6) is 0 Å². The average Bonchev–Trinajstić information content (AvgIpc) is 2.36. The maximum atomic E-state index is 11.0. The normalized spacial score (nSPS) is 13.2. The van der Waals surface area contributed by atoms with Crippen molar-refractivity contribution in [3.05, 3.63) is 39.4 Å². The van der Waals surface area contributed by atoms with E-state index in [0.717, 1.165) is 18.5 Å². The highest BCUT2D eigenvalue weighted by Gasteiger charge is 2.21. The molecule has 1 aromatic carbocycles. The van der Waals surface area contributed by atoms with Gasteiger partial charge >= 0.3 is 0 Å². The zero-order chi connectivity index (χ0) is 15.3. The van der Waals surface area contributed by atoms with E-state index in [1.54, 1.807) is 13.0 Å². The fourth-order valence-electron chi connectivity index (χ4n) is 2.24. The highest BCUT2D eigenvalue weighted by molar-refractivity contribution is 5.45. The predicted molar refractivity (Wildman–Crippen MR) is 79.7 cm³/mol. The highest BCUT2D eigenvalue weighted by Crippen LogP contribution is 2.27. The van der Waals surface area contributed by atoms with Crippen LogP contribution in [0.3, 0.4) is 0 Å². The van der Waals surface area contributed by atoms with Crippen LogP contribution in [-0.2, 0) is 0 Å². The third kappa shape index (κ3) is 4.28. The van der Waals surface area contributed by atoms with Crippen molar-refractivity contribution in [2.24, 2.45) is 5.41 Å². The van der Waals surface area contributed by atoms with Gasteiger partial charge in [0.2, 0.25) is 0 Å². The van der Waals surface area contributed by atoms with Gasteiger partial charge in [0.25, 0.3) is 5.69 Å². The molecule has 0 fully saturated rings. The summed E-state index contributed by atoms with van der Waals surface area (Å²) in [6, 6.07) is 5.20. The minimum absolute atomic E-state index is 0.00235. The molecule has 0 aliphatic carbocycles. The number of benzene rings is 1. The van der Waals surface area contributed by atoms with Crippen molar-refractivity contribution in [1.82, 2.24) is 5.32 Å². The summed E-state index contributed by atoms with van der Waals surface area (Å²) in [5.74, 6) is 0. The van der Waals surface area contributed by atoms with Crippen LogP contribution in [0.2, 0.25) is 0 Å². The number of rotatable bonds is 7. The Morgan fingerprint density at radius 3 is 2.65 bits per heavy atom. The summed E-state index contributed by atoms with van der Waals surface area (Å²) in [4.78, 5) is 10.6. The lowest BCUT2D eigenvalue weighted by atomic mass is 9.89. The van der Waals surface area contributed by atoms with Crippen molar-refractivity contribution in [2.45, 2.75) is 40.2 Å². The van der Waals surface area contributed by atoms with Gasteiger partial charge in [-0.15, -0.1) is 0 Å². The van der Waals surface area contributed by atoms with Crippen molar-refractivity contribution in [3.8, 4) is 0 Å². The maximum absolute atomic E-state index is 11.0. The lowest BCUT2D eigenvalue weighted by molar-refractivity contribution is -0.385. The molecule has 5 nitrogen and oxygen atoms in total. The van der Waals surface area contributed by atoms with E-state index in [-0.39, 0.29) is 28.7 Å². The van der Waals surface area contributed by atoms with Crippen molar-refractivity contribution >= 4 is 5.69 Å². The number of nitro groups is 1. The molecule has 0 radical (unpaired) electrons. The topological polar surface area (TPSA) is 75.4 Å². The molecule has 0 heterocycles. The van der Waals surface area contributed by atoms with E-state index < -0.39 is 0 Å². The minimum Gasteiger partial charge on any atom is -0.396 e. The lowest BCUT2D eigenvalue weighted by Gasteiger charge is -2.27. The molecule has 1 aromatic rings. The van der Waals surface area contributed by atoms with E-state index in [1.807, 2.05) is 13.0 Å². The molecular weight excluding hydrogens is 256 g/mol. The van der Waals surface area contributed by atoms with Crippen LogP contribution in [0.4, 0.5) is 5.69 Å². The van der Waals surface area contributed by atoms with Gasteiger partial charge in [0.05, 0.1) is 4.92 Å². The molecule has 0 aliphatic heterocycles. The third-order valence-corrected chi connectivity index (χ3v) is 3.69. The van der Waals surface area contributed by atoms with Gasteiger partial charge in [-0.1, -0.05) is 26.0 Å². The SMILES string of the molecule is Cc1c(C(C)NCC(C)(C)CCO)cccc1[N+](=O)[O-]. The first-order valence-electron chi connectivity index (χ1n) is 6.86. The van der Waals surface area contributed by atoms with Crippen LogP contribution in [-0.4, -0.2) is 23.2 Å². The van der Waals surface area contributed by atoms with Gasteiger partial charge in [-0.25, -0.2) is 0 Å². The molecule has 5 heteroatoms. The van der Waals surface area contributed by atoms with E-state index in [2.05, 4.69) is 19.2 Å². The molecule has 0 saturated heterocycles. The summed E-state index contributed by atoms with van der Waals surface area (Å²) in [7, 11) is 0. The Bertz CT molecular complexity index is 472. The number of nitrogens with one attached hydrogen (secondary N) is 1. The molecule has 0 amide bonds. The van der Waals surface area contributed by atoms with Crippen molar-refractivity contribution in [2.75, 3.05) is 13.2 Å². The summed E-state index contributed by atoms with van der Waals surface area (Å²) in [6.45, 7) is 8.87. The number of hydrogen-bond acceptors (Lipinski definition) is 4. The van der Waals surface area contributed by atoms with E-state index in [9.17, 15) is 10.1 Å². The summed E-state index contributed by atoms with van der Waals surface area (Å²) in [6.07, 6.45) is 0.723. The Hall–Kier alpha value is -1.46. The van der Waals surface area contributed by atoms with E-state index in [1.165, 1.54) is 6.07 Å². The molecule has 0 spiro atoms. The number of nitrogens with zero attached hydrogens (tertiary/aromatic N) is 1. The molecule has 0 saturated carbocycles. The van der Waals surface area contributed by atoms with Gasteiger partial charge in [0, 0.05) is 30.8 Å².